The molecule has 1 N–H and O–H groups in total. The van der Waals surface area contributed by atoms with Crippen molar-refractivity contribution in [2.24, 2.45) is 0 Å². The topological polar surface area (TPSA) is 74.2 Å². The van der Waals surface area contributed by atoms with Gasteiger partial charge in [-0.25, -0.2) is 9.97 Å². The number of fused-ring (bicyclic) bond motifs is 1. The number of aryl methyl sites for hydroxylation is 1. The number of rotatable bonds is 6. The fourth-order valence-corrected chi connectivity index (χ4v) is 4.73. The number of hydrogen-bond donors (Lipinski definition) is 1. The summed E-state index contributed by atoms with van der Waals surface area (Å²) in [4.78, 5) is 31.4. The highest BCUT2D eigenvalue weighted by Gasteiger charge is 2.32. The highest BCUT2D eigenvalue weighted by atomic mass is 79.9. The molecule has 0 saturated carbocycles. The second-order valence-corrected chi connectivity index (χ2v) is 9.74. The van der Waals surface area contributed by atoms with Crippen molar-refractivity contribution in [1.82, 2.24) is 25.2 Å². The van der Waals surface area contributed by atoms with Gasteiger partial charge in [0.05, 0.1) is 11.6 Å². The lowest BCUT2D eigenvalue weighted by Gasteiger charge is -2.38. The summed E-state index contributed by atoms with van der Waals surface area (Å²) in [7, 11) is 0. The van der Waals surface area contributed by atoms with E-state index in [1.54, 1.807) is 12.5 Å². The highest BCUT2D eigenvalue weighted by Crippen LogP contribution is 2.37. The molecule has 1 aliphatic heterocycles. The van der Waals surface area contributed by atoms with Crippen LogP contribution in [0.1, 0.15) is 56.0 Å². The first-order chi connectivity index (χ1) is 14.9. The van der Waals surface area contributed by atoms with Gasteiger partial charge in [-0.3, -0.25) is 9.78 Å². The van der Waals surface area contributed by atoms with Crippen LogP contribution in [0.2, 0.25) is 0 Å². The van der Waals surface area contributed by atoms with Crippen LogP contribution in [0.3, 0.4) is 0 Å². The third-order valence-electron chi connectivity index (χ3n) is 6.28. The van der Waals surface area contributed by atoms with Crippen LogP contribution in [-0.2, 0) is 11.2 Å². The molecule has 0 bridgehead atoms. The van der Waals surface area contributed by atoms with E-state index in [1.807, 2.05) is 17.0 Å². The Bertz CT molecular complexity index is 911. The zero-order valence-corrected chi connectivity index (χ0v) is 20.1. The number of hydrogen-bond acceptors (Lipinski definition) is 6. The third-order valence-corrected chi connectivity index (χ3v) is 6.75. The van der Waals surface area contributed by atoms with Gasteiger partial charge in [-0.05, 0) is 46.8 Å². The second-order valence-electron chi connectivity index (χ2n) is 8.83. The van der Waals surface area contributed by atoms with E-state index >= 15 is 0 Å². The average Bonchev–Trinajstić information content (AvgIpc) is 3.16. The van der Waals surface area contributed by atoms with Crippen molar-refractivity contribution in [1.29, 1.82) is 0 Å². The Labute approximate surface area is 192 Å². The van der Waals surface area contributed by atoms with Gasteiger partial charge < -0.3 is 15.1 Å². The Morgan fingerprint density at radius 3 is 2.65 bits per heavy atom. The maximum Gasteiger partial charge on any atom is 0.233 e. The van der Waals surface area contributed by atoms with E-state index < -0.39 is 0 Å². The van der Waals surface area contributed by atoms with Crippen molar-refractivity contribution in [2.45, 2.75) is 51.5 Å². The molecule has 7 nitrogen and oxygen atoms in total. The van der Waals surface area contributed by atoms with Gasteiger partial charge in [0.1, 0.15) is 12.1 Å². The first-order valence-corrected chi connectivity index (χ1v) is 12.0. The van der Waals surface area contributed by atoms with Crippen LogP contribution in [-0.4, -0.2) is 64.5 Å². The summed E-state index contributed by atoms with van der Waals surface area (Å²) in [5.74, 6) is 1.42. The lowest BCUT2D eigenvalue weighted by molar-refractivity contribution is -0.133. The number of nitrogens with zero attached hydrogens (tertiary/aromatic N) is 5. The predicted octanol–water partition coefficient (Wildman–Crippen LogP) is 3.11. The van der Waals surface area contributed by atoms with Crippen LogP contribution in [0.5, 0.6) is 0 Å². The summed E-state index contributed by atoms with van der Waals surface area (Å²) in [6, 6.07) is 4.20. The van der Waals surface area contributed by atoms with Crippen molar-refractivity contribution >= 4 is 27.7 Å². The zero-order chi connectivity index (χ0) is 22.0. The monoisotopic (exact) mass is 486 g/mol. The number of aromatic nitrogens is 3. The Hall–Kier alpha value is -2.06. The maximum atomic E-state index is 13.5. The molecule has 1 unspecified atom stereocenters. The van der Waals surface area contributed by atoms with Crippen LogP contribution in [0.4, 0.5) is 5.82 Å². The van der Waals surface area contributed by atoms with E-state index in [0.29, 0.717) is 31.6 Å². The van der Waals surface area contributed by atoms with Crippen molar-refractivity contribution in [3.8, 4) is 0 Å². The smallest absolute Gasteiger partial charge is 0.233 e. The molecular formula is C23H31BrN6O. The lowest BCUT2D eigenvalue weighted by Crippen LogP contribution is -2.51. The van der Waals surface area contributed by atoms with Gasteiger partial charge in [-0.1, -0.05) is 20.8 Å². The summed E-state index contributed by atoms with van der Waals surface area (Å²) in [5, 5.41) is 3.42. The Morgan fingerprint density at radius 2 is 1.97 bits per heavy atom. The minimum atomic E-state index is -0.287. The standard InChI is InChI=1S/C23H31BrN6O/c1-15(2)25-13-18(19-7-5-17(24)12-26-19)23(31)30-10-8-29(9-11-30)22-21-16(3)4-6-20(21)27-14-28-22/h5,7,12,14-16,18,25H,4,6,8-11,13H2,1-3H3/t16?,18-/m0/s1. The molecular weight excluding hydrogens is 456 g/mol. The molecule has 2 aromatic heterocycles. The molecule has 166 valence electrons. The largest absolute Gasteiger partial charge is 0.353 e. The number of carbonyl (C=O) groups excluding carboxylic acids is 1. The van der Waals surface area contributed by atoms with Crippen LogP contribution < -0.4 is 10.2 Å². The molecule has 8 heteroatoms. The SMILES string of the molecule is CC(C)NC[C@H](C(=O)N1CCN(c2ncnc3c2C(C)CC3)CC1)c1ccc(Br)cn1. The molecule has 0 aromatic carbocycles. The van der Waals surface area contributed by atoms with Crippen LogP contribution in [0.15, 0.2) is 29.1 Å². The zero-order valence-electron chi connectivity index (χ0n) is 18.5. The minimum absolute atomic E-state index is 0.143. The summed E-state index contributed by atoms with van der Waals surface area (Å²) in [6.45, 7) is 10.0. The van der Waals surface area contributed by atoms with Crippen molar-refractivity contribution in [3.63, 3.8) is 0 Å². The molecule has 2 atom stereocenters. The summed E-state index contributed by atoms with van der Waals surface area (Å²) < 4.78 is 0.916. The summed E-state index contributed by atoms with van der Waals surface area (Å²) >= 11 is 3.44. The number of piperazine rings is 1. The minimum Gasteiger partial charge on any atom is -0.353 e. The number of nitrogens with one attached hydrogen (secondary N) is 1. The Balaban J connectivity index is 1.46. The first-order valence-electron chi connectivity index (χ1n) is 11.2. The van der Waals surface area contributed by atoms with E-state index in [0.717, 1.165) is 41.9 Å². The maximum absolute atomic E-state index is 13.5. The normalized spacial score (nSPS) is 19.6. The quantitative estimate of drug-likeness (QED) is 0.675. The van der Waals surface area contributed by atoms with Gasteiger partial charge in [-0.2, -0.15) is 0 Å². The molecule has 4 rings (SSSR count). The second kappa shape index (κ2) is 9.61. The third kappa shape index (κ3) is 4.90. The average molecular weight is 487 g/mol. The molecule has 1 amide bonds. The molecule has 2 aliphatic rings. The highest BCUT2D eigenvalue weighted by molar-refractivity contribution is 9.10. The fraction of sp³-hybridized carbons (Fsp3) is 0.565. The molecule has 3 heterocycles. The molecule has 1 fully saturated rings. The first kappa shape index (κ1) is 22.1. The fourth-order valence-electron chi connectivity index (χ4n) is 4.50. The number of carbonyl (C=O) groups is 1. The molecule has 0 spiro atoms. The summed E-state index contributed by atoms with van der Waals surface area (Å²) in [5.41, 5.74) is 3.31. The number of pyridine rings is 1. The van der Waals surface area contributed by atoms with Gasteiger partial charge >= 0.3 is 0 Å². The van der Waals surface area contributed by atoms with Gasteiger partial charge in [0.2, 0.25) is 5.91 Å². The van der Waals surface area contributed by atoms with Crippen LogP contribution >= 0.6 is 15.9 Å². The lowest BCUT2D eigenvalue weighted by atomic mass is 10.0. The van der Waals surface area contributed by atoms with Gasteiger partial charge in [-0.15, -0.1) is 0 Å². The van der Waals surface area contributed by atoms with Crippen LogP contribution in [0.25, 0.3) is 0 Å². The van der Waals surface area contributed by atoms with E-state index in [2.05, 4.69) is 61.9 Å². The van der Waals surface area contributed by atoms with E-state index in [-0.39, 0.29) is 11.8 Å². The predicted molar refractivity (Wildman–Crippen MR) is 125 cm³/mol. The summed E-state index contributed by atoms with van der Waals surface area (Å²) in [6.07, 6.45) is 5.63. The Kier molecular flexibility index (Phi) is 6.86. The van der Waals surface area contributed by atoms with Gasteiger partial charge in [0.25, 0.3) is 0 Å². The number of anilines is 1. The van der Waals surface area contributed by atoms with Crippen molar-refractivity contribution in [2.75, 3.05) is 37.6 Å². The van der Waals surface area contributed by atoms with E-state index in [1.165, 1.54) is 11.3 Å². The number of amides is 1. The molecule has 1 aliphatic carbocycles. The molecule has 31 heavy (non-hydrogen) atoms. The molecule has 0 radical (unpaired) electrons. The van der Waals surface area contributed by atoms with Crippen molar-refractivity contribution < 1.29 is 4.79 Å². The van der Waals surface area contributed by atoms with Gasteiger partial charge in [0, 0.05) is 60.7 Å². The number of halogens is 1. The Morgan fingerprint density at radius 1 is 1.19 bits per heavy atom. The van der Waals surface area contributed by atoms with E-state index in [4.69, 9.17) is 0 Å². The molecule has 1 saturated heterocycles. The van der Waals surface area contributed by atoms with Crippen LogP contribution in [0, 0.1) is 0 Å². The van der Waals surface area contributed by atoms with E-state index in [9.17, 15) is 4.79 Å². The molecule has 2 aromatic rings. The van der Waals surface area contributed by atoms with Crippen molar-refractivity contribution in [3.05, 3.63) is 46.1 Å². The van der Waals surface area contributed by atoms with Gasteiger partial charge in [0.15, 0.2) is 0 Å².